The Balaban J connectivity index is 2.01. The van der Waals surface area contributed by atoms with E-state index >= 15 is 0 Å². The normalized spacial score (nSPS) is 11.0. The average Bonchev–Trinajstić information content (AvgIpc) is 2.84. The summed E-state index contributed by atoms with van der Waals surface area (Å²) in [5.74, 6) is 1.21. The highest BCUT2D eigenvalue weighted by Gasteiger charge is 2.09. The lowest BCUT2D eigenvalue weighted by atomic mass is 10.2. The molecule has 114 valence electrons. The minimum absolute atomic E-state index is 0.148. The van der Waals surface area contributed by atoms with Gasteiger partial charge in [0, 0.05) is 25.9 Å². The second-order valence-corrected chi connectivity index (χ2v) is 5.37. The quantitative estimate of drug-likeness (QED) is 0.810. The van der Waals surface area contributed by atoms with E-state index < -0.39 is 0 Å². The number of carbonyl (C=O) groups excluding carboxylic acids is 1. The van der Waals surface area contributed by atoms with Crippen LogP contribution in [-0.2, 0) is 17.8 Å². The molecule has 0 unspecified atom stereocenters. The molecule has 2 rings (SSSR count). The number of hydrogen-bond acceptors (Lipinski definition) is 2. The van der Waals surface area contributed by atoms with E-state index in [1.807, 2.05) is 18.2 Å². The van der Waals surface area contributed by atoms with Gasteiger partial charge in [-0.3, -0.25) is 4.79 Å². The second-order valence-electron chi connectivity index (χ2n) is 5.37. The minimum Gasteiger partial charge on any atom is -0.356 e. The molecule has 0 atom stereocenters. The number of benzene rings is 1. The molecule has 0 saturated heterocycles. The van der Waals surface area contributed by atoms with Crippen LogP contribution >= 0.6 is 0 Å². The zero-order valence-corrected chi connectivity index (χ0v) is 13.1. The van der Waals surface area contributed by atoms with Crippen molar-refractivity contribution in [3.63, 3.8) is 0 Å². The highest BCUT2D eigenvalue weighted by atomic mass is 16.1. The zero-order valence-electron chi connectivity index (χ0n) is 13.1. The monoisotopic (exact) mass is 287 g/mol. The summed E-state index contributed by atoms with van der Waals surface area (Å²) >= 11 is 0. The zero-order chi connectivity index (χ0) is 15.1. The van der Waals surface area contributed by atoms with E-state index in [1.54, 1.807) is 0 Å². The summed E-state index contributed by atoms with van der Waals surface area (Å²) in [6, 6.07) is 8.22. The summed E-state index contributed by atoms with van der Waals surface area (Å²) in [6.45, 7) is 5.90. The van der Waals surface area contributed by atoms with Gasteiger partial charge in [-0.05, 0) is 25.0 Å². The Morgan fingerprint density at radius 1 is 1.24 bits per heavy atom. The van der Waals surface area contributed by atoms with Gasteiger partial charge in [0.25, 0.3) is 0 Å². The third-order valence-corrected chi connectivity index (χ3v) is 3.61. The molecule has 0 spiro atoms. The summed E-state index contributed by atoms with van der Waals surface area (Å²) < 4.78 is 2.27. The first-order valence-corrected chi connectivity index (χ1v) is 7.97. The van der Waals surface area contributed by atoms with Crippen molar-refractivity contribution in [2.75, 3.05) is 6.54 Å². The van der Waals surface area contributed by atoms with Gasteiger partial charge in [0.2, 0.25) is 5.91 Å². The second kappa shape index (κ2) is 7.81. The van der Waals surface area contributed by atoms with Crippen LogP contribution in [0.3, 0.4) is 0 Å². The van der Waals surface area contributed by atoms with Crippen molar-refractivity contribution in [1.82, 2.24) is 14.9 Å². The molecular weight excluding hydrogens is 262 g/mol. The number of hydrogen-bond donors (Lipinski definition) is 1. The number of fused-ring (bicyclic) bond motifs is 1. The number of unbranched alkanes of at least 4 members (excludes halogenated alkanes) is 1. The molecule has 21 heavy (non-hydrogen) atoms. The van der Waals surface area contributed by atoms with Gasteiger partial charge in [0.1, 0.15) is 5.82 Å². The number of para-hydroxylation sites is 2. The van der Waals surface area contributed by atoms with Crippen LogP contribution in [0.1, 0.15) is 45.4 Å². The van der Waals surface area contributed by atoms with Crippen LogP contribution in [0.2, 0.25) is 0 Å². The van der Waals surface area contributed by atoms with E-state index in [1.165, 1.54) is 5.52 Å². The maximum absolute atomic E-state index is 11.6. The highest BCUT2D eigenvalue weighted by molar-refractivity contribution is 5.76. The Hall–Kier alpha value is -1.84. The first-order valence-electron chi connectivity index (χ1n) is 7.97. The summed E-state index contributed by atoms with van der Waals surface area (Å²) in [6.07, 6.45) is 4.50. The third-order valence-electron chi connectivity index (χ3n) is 3.61. The maximum Gasteiger partial charge on any atom is 0.220 e. The largest absolute Gasteiger partial charge is 0.356 e. The van der Waals surface area contributed by atoms with Gasteiger partial charge in [-0.2, -0.15) is 0 Å². The van der Waals surface area contributed by atoms with Crippen LogP contribution in [0.5, 0.6) is 0 Å². The van der Waals surface area contributed by atoms with E-state index in [0.717, 1.165) is 43.6 Å². The molecule has 0 bridgehead atoms. The van der Waals surface area contributed by atoms with E-state index in [0.29, 0.717) is 13.0 Å². The molecular formula is C17H25N3O. The number of nitrogens with zero attached hydrogens (tertiary/aromatic N) is 2. The number of amides is 1. The van der Waals surface area contributed by atoms with E-state index in [4.69, 9.17) is 4.98 Å². The number of rotatable bonds is 8. The topological polar surface area (TPSA) is 46.9 Å². The summed E-state index contributed by atoms with van der Waals surface area (Å²) in [5, 5.41) is 2.99. The smallest absolute Gasteiger partial charge is 0.220 e. The number of aryl methyl sites for hydroxylation is 1. The van der Waals surface area contributed by atoms with Crippen LogP contribution in [0.4, 0.5) is 0 Å². The molecule has 1 aromatic heterocycles. The molecule has 4 nitrogen and oxygen atoms in total. The van der Waals surface area contributed by atoms with Crippen LogP contribution in [0, 0.1) is 0 Å². The van der Waals surface area contributed by atoms with Crippen molar-refractivity contribution in [1.29, 1.82) is 0 Å². The lowest BCUT2D eigenvalue weighted by Gasteiger charge is -2.08. The van der Waals surface area contributed by atoms with Crippen molar-refractivity contribution >= 4 is 16.9 Å². The molecule has 0 fully saturated rings. The summed E-state index contributed by atoms with van der Waals surface area (Å²) in [4.78, 5) is 16.3. The first-order chi connectivity index (χ1) is 10.3. The summed E-state index contributed by atoms with van der Waals surface area (Å²) in [7, 11) is 0. The van der Waals surface area contributed by atoms with E-state index in [-0.39, 0.29) is 5.91 Å². The predicted molar refractivity (Wildman–Crippen MR) is 86.3 cm³/mol. The number of carbonyl (C=O) groups is 1. The molecule has 2 aromatic rings. The fraction of sp³-hybridized carbons (Fsp3) is 0.529. The Kier molecular flexibility index (Phi) is 5.78. The Morgan fingerprint density at radius 3 is 2.81 bits per heavy atom. The van der Waals surface area contributed by atoms with Gasteiger partial charge in [0.05, 0.1) is 11.0 Å². The Bertz CT molecular complexity index is 589. The number of aromatic nitrogens is 2. The van der Waals surface area contributed by atoms with E-state index in [2.05, 4.69) is 29.8 Å². The van der Waals surface area contributed by atoms with Crippen LogP contribution in [0.25, 0.3) is 11.0 Å². The average molecular weight is 287 g/mol. The van der Waals surface area contributed by atoms with Crippen molar-refractivity contribution < 1.29 is 4.79 Å². The molecule has 4 heteroatoms. The van der Waals surface area contributed by atoms with Gasteiger partial charge in [0.15, 0.2) is 0 Å². The lowest BCUT2D eigenvalue weighted by molar-refractivity contribution is -0.121. The van der Waals surface area contributed by atoms with Crippen molar-refractivity contribution in [3.8, 4) is 0 Å². The fourth-order valence-electron chi connectivity index (χ4n) is 2.53. The standard InChI is InChI=1S/C17H25N3O/c1-3-5-10-17(21)18-12-11-16-19-14-8-6-7-9-15(14)20(16)13-4-2/h6-9H,3-5,10-13H2,1-2H3,(H,18,21). The molecule has 1 heterocycles. The molecule has 0 radical (unpaired) electrons. The molecule has 1 N–H and O–H groups in total. The van der Waals surface area contributed by atoms with Gasteiger partial charge in [-0.1, -0.05) is 32.4 Å². The minimum atomic E-state index is 0.148. The van der Waals surface area contributed by atoms with Crippen LogP contribution < -0.4 is 5.32 Å². The molecule has 0 aliphatic rings. The fourth-order valence-corrected chi connectivity index (χ4v) is 2.53. The Labute approximate surface area is 126 Å². The third kappa shape index (κ3) is 4.06. The molecule has 0 aliphatic carbocycles. The lowest BCUT2D eigenvalue weighted by Crippen LogP contribution is -2.26. The molecule has 1 aromatic carbocycles. The van der Waals surface area contributed by atoms with Gasteiger partial charge in [-0.25, -0.2) is 4.98 Å². The number of imidazole rings is 1. The first kappa shape index (κ1) is 15.5. The predicted octanol–water partition coefficient (Wildman–Crippen LogP) is 3.30. The van der Waals surface area contributed by atoms with Gasteiger partial charge < -0.3 is 9.88 Å². The van der Waals surface area contributed by atoms with Gasteiger partial charge >= 0.3 is 0 Å². The summed E-state index contributed by atoms with van der Waals surface area (Å²) in [5.41, 5.74) is 2.23. The molecule has 1 amide bonds. The Morgan fingerprint density at radius 2 is 2.05 bits per heavy atom. The van der Waals surface area contributed by atoms with Crippen LogP contribution in [-0.4, -0.2) is 22.0 Å². The number of nitrogens with one attached hydrogen (secondary N) is 1. The molecule has 0 aliphatic heterocycles. The maximum atomic E-state index is 11.6. The van der Waals surface area contributed by atoms with Gasteiger partial charge in [-0.15, -0.1) is 0 Å². The highest BCUT2D eigenvalue weighted by Crippen LogP contribution is 2.16. The van der Waals surface area contributed by atoms with Crippen molar-refractivity contribution in [3.05, 3.63) is 30.1 Å². The van der Waals surface area contributed by atoms with Crippen molar-refractivity contribution in [2.45, 2.75) is 52.5 Å². The van der Waals surface area contributed by atoms with Crippen LogP contribution in [0.15, 0.2) is 24.3 Å². The van der Waals surface area contributed by atoms with Crippen molar-refractivity contribution in [2.24, 2.45) is 0 Å². The van der Waals surface area contributed by atoms with E-state index in [9.17, 15) is 4.79 Å². The SMILES string of the molecule is CCCCC(=O)NCCc1nc2ccccc2n1CCC. The molecule has 0 saturated carbocycles.